The Morgan fingerprint density at radius 3 is 2.32 bits per heavy atom. The molecule has 4 unspecified atom stereocenters. The molecule has 4 atom stereocenters. The molecule has 1 aromatic rings. The largest absolute Gasteiger partial charge is 0.748 e. The molecule has 4 rings (SSSR count). The Balaban J connectivity index is 1.60. The van der Waals surface area contributed by atoms with Crippen molar-refractivity contribution >= 4 is 16.1 Å². The van der Waals surface area contributed by atoms with Crippen molar-refractivity contribution in [2.24, 2.45) is 17.8 Å². The van der Waals surface area contributed by atoms with Gasteiger partial charge in [0.15, 0.2) is 11.5 Å². The van der Waals surface area contributed by atoms with Gasteiger partial charge in [0.1, 0.15) is 12.2 Å². The predicted octanol–water partition coefficient (Wildman–Crippen LogP) is 3.65. The first-order valence-electron chi connectivity index (χ1n) is 11.1. The van der Waals surface area contributed by atoms with Crippen molar-refractivity contribution in [3.8, 4) is 11.5 Å². The van der Waals surface area contributed by atoms with Crippen molar-refractivity contribution in [1.29, 1.82) is 0 Å². The van der Waals surface area contributed by atoms with Crippen LogP contribution in [0.15, 0.2) is 18.2 Å². The third-order valence-corrected chi connectivity index (χ3v) is 7.76. The van der Waals surface area contributed by atoms with E-state index in [9.17, 15) is 30.9 Å². The zero-order valence-corrected chi connectivity index (χ0v) is 19.5. The summed E-state index contributed by atoms with van der Waals surface area (Å²) in [6.07, 6.45) is -1.58. The first-order chi connectivity index (χ1) is 15.8. The van der Waals surface area contributed by atoms with E-state index in [-0.39, 0.29) is 41.3 Å². The van der Waals surface area contributed by atoms with Gasteiger partial charge >= 0.3 is 12.3 Å². The second-order valence-corrected chi connectivity index (χ2v) is 11.0. The van der Waals surface area contributed by atoms with Gasteiger partial charge in [0.2, 0.25) is 0 Å². The van der Waals surface area contributed by atoms with Gasteiger partial charge in [0, 0.05) is 0 Å². The van der Waals surface area contributed by atoms with Crippen LogP contribution >= 0.6 is 0 Å². The minimum Gasteiger partial charge on any atom is -0.748 e. The Labute approximate surface area is 195 Å². The Morgan fingerprint density at radius 1 is 1.18 bits per heavy atom. The number of hydrogen-bond acceptors (Lipinski definition) is 8. The van der Waals surface area contributed by atoms with Crippen LogP contribution in [-0.2, 0) is 19.6 Å². The molecule has 3 fully saturated rings. The minimum absolute atomic E-state index is 0.0471. The highest BCUT2D eigenvalue weighted by molar-refractivity contribution is 7.85. The summed E-state index contributed by atoms with van der Waals surface area (Å²) >= 11 is 0. The van der Waals surface area contributed by atoms with Crippen LogP contribution in [0, 0.1) is 17.8 Å². The average molecular weight is 508 g/mol. The van der Waals surface area contributed by atoms with Crippen molar-refractivity contribution in [2.45, 2.75) is 63.7 Å². The van der Waals surface area contributed by atoms with Crippen LogP contribution in [0.1, 0.15) is 49.9 Å². The lowest BCUT2D eigenvalue weighted by Crippen LogP contribution is -2.40. The van der Waals surface area contributed by atoms with Gasteiger partial charge in [-0.25, -0.2) is 13.2 Å². The molecule has 1 aromatic carbocycles. The maximum atomic E-state index is 13.1. The van der Waals surface area contributed by atoms with Crippen molar-refractivity contribution in [3.63, 3.8) is 0 Å². The predicted molar refractivity (Wildman–Crippen MR) is 110 cm³/mol. The van der Waals surface area contributed by atoms with Gasteiger partial charge in [0.25, 0.3) is 0 Å². The third kappa shape index (κ3) is 5.28. The summed E-state index contributed by atoms with van der Waals surface area (Å²) in [7, 11) is -4.59. The molecule has 2 bridgehead atoms. The number of alkyl halides is 3. The summed E-state index contributed by atoms with van der Waals surface area (Å²) in [6.45, 7) is 3.20. The molecule has 0 spiro atoms. The number of benzene rings is 1. The molecule has 1 aliphatic carbocycles. The molecule has 34 heavy (non-hydrogen) atoms. The minimum atomic E-state index is -4.98. The zero-order valence-electron chi connectivity index (χ0n) is 18.7. The number of carbonyl (C=O) groups is 1. The van der Waals surface area contributed by atoms with Crippen molar-refractivity contribution in [1.82, 2.24) is 0 Å². The van der Waals surface area contributed by atoms with Gasteiger partial charge in [0.05, 0.1) is 33.6 Å². The Hall–Kier alpha value is -2.05. The standard InChI is InChI=1S/C22H27F3O8S/c1-12(2)21(10-14-15(11-21)17-6-5-16(14)31-17)32-19-9-13(3-4-18(19)33-22(23,24)25)20(26)30-7-8-34(27,28)29/h3-4,9,12,14-17H,5-8,10-11H2,1-2H3,(H,27,28,29)/p-1. The molecule has 2 saturated heterocycles. The first kappa shape index (κ1) is 25.1. The topological polar surface area (TPSA) is 111 Å². The fraction of sp³-hybridized carbons (Fsp3) is 0.682. The van der Waals surface area contributed by atoms with Crippen molar-refractivity contribution in [2.75, 3.05) is 12.4 Å². The van der Waals surface area contributed by atoms with E-state index in [1.165, 1.54) is 0 Å². The third-order valence-electron chi connectivity index (χ3n) is 7.09. The molecule has 1 saturated carbocycles. The van der Waals surface area contributed by atoms with Gasteiger partial charge in [-0.15, -0.1) is 13.2 Å². The van der Waals surface area contributed by atoms with Crippen LogP contribution in [0.5, 0.6) is 11.5 Å². The lowest BCUT2D eigenvalue weighted by molar-refractivity contribution is -0.275. The van der Waals surface area contributed by atoms with E-state index in [0.717, 1.165) is 31.0 Å². The van der Waals surface area contributed by atoms with Gasteiger partial charge in [-0.3, -0.25) is 0 Å². The first-order valence-corrected chi connectivity index (χ1v) is 12.7. The number of ether oxygens (including phenoxy) is 4. The maximum absolute atomic E-state index is 13.1. The van der Waals surface area contributed by atoms with E-state index in [4.69, 9.17) is 14.2 Å². The van der Waals surface area contributed by atoms with E-state index in [0.29, 0.717) is 12.8 Å². The Morgan fingerprint density at radius 2 is 1.79 bits per heavy atom. The molecular weight excluding hydrogens is 481 g/mol. The van der Waals surface area contributed by atoms with Crippen LogP contribution < -0.4 is 9.47 Å². The van der Waals surface area contributed by atoms with Gasteiger partial charge in [-0.1, -0.05) is 13.8 Å². The van der Waals surface area contributed by atoms with Gasteiger partial charge in [-0.05, 0) is 61.6 Å². The summed E-state index contributed by atoms with van der Waals surface area (Å²) in [5.41, 5.74) is -0.934. The number of fused-ring (bicyclic) bond motifs is 5. The summed E-state index contributed by atoms with van der Waals surface area (Å²) in [6, 6.07) is 3.11. The second-order valence-electron chi connectivity index (χ2n) is 9.45. The number of halogens is 3. The van der Waals surface area contributed by atoms with Crippen molar-refractivity contribution < 1.29 is 49.9 Å². The highest BCUT2D eigenvalue weighted by Gasteiger charge is 2.60. The van der Waals surface area contributed by atoms with E-state index < -0.39 is 46.2 Å². The summed E-state index contributed by atoms with van der Waals surface area (Å²) < 4.78 is 92.5. The molecule has 12 heteroatoms. The Bertz CT molecular complexity index is 1020. The molecule has 0 N–H and O–H groups in total. The smallest absolute Gasteiger partial charge is 0.573 e. The molecule has 190 valence electrons. The lowest BCUT2D eigenvalue weighted by Gasteiger charge is -2.36. The van der Waals surface area contributed by atoms with E-state index >= 15 is 0 Å². The summed E-state index contributed by atoms with van der Waals surface area (Å²) in [4.78, 5) is 12.3. The summed E-state index contributed by atoms with van der Waals surface area (Å²) in [5, 5.41) is 0. The average Bonchev–Trinajstić information content (AvgIpc) is 3.39. The number of esters is 1. The molecular formula is C22H26F3O8S-. The molecule has 8 nitrogen and oxygen atoms in total. The van der Waals surface area contributed by atoms with Crippen LogP contribution in [-0.4, -0.2) is 55.5 Å². The molecule has 0 amide bonds. The highest BCUT2D eigenvalue weighted by Crippen LogP contribution is 2.58. The number of hydrogen-bond donors (Lipinski definition) is 0. The fourth-order valence-electron chi connectivity index (χ4n) is 5.45. The lowest BCUT2D eigenvalue weighted by atomic mass is 9.82. The van der Waals surface area contributed by atoms with Crippen LogP contribution in [0.2, 0.25) is 0 Å². The van der Waals surface area contributed by atoms with Crippen LogP contribution in [0.3, 0.4) is 0 Å². The van der Waals surface area contributed by atoms with E-state index in [1.807, 2.05) is 13.8 Å². The van der Waals surface area contributed by atoms with Gasteiger partial charge < -0.3 is 23.5 Å². The number of rotatable bonds is 8. The highest BCUT2D eigenvalue weighted by atomic mass is 32.2. The number of carbonyl (C=O) groups excluding carboxylic acids is 1. The van der Waals surface area contributed by atoms with Crippen LogP contribution in [0.25, 0.3) is 0 Å². The molecule has 3 aliphatic rings. The monoisotopic (exact) mass is 507 g/mol. The summed E-state index contributed by atoms with van der Waals surface area (Å²) in [5.74, 6) is -2.30. The SMILES string of the molecule is CC(C)C1(Oc2cc(C(=O)OCCS(=O)(=O)[O-])ccc2OC(F)(F)F)CC2C3CCC(O3)C2C1. The normalized spacial score (nSPS) is 30.4. The maximum Gasteiger partial charge on any atom is 0.573 e. The molecule has 0 radical (unpaired) electrons. The van der Waals surface area contributed by atoms with E-state index in [1.54, 1.807) is 0 Å². The quantitative estimate of drug-likeness (QED) is 0.387. The van der Waals surface area contributed by atoms with Crippen LogP contribution in [0.4, 0.5) is 13.2 Å². The van der Waals surface area contributed by atoms with E-state index in [2.05, 4.69) is 4.74 Å². The Kier molecular flexibility index (Phi) is 6.54. The second kappa shape index (κ2) is 8.87. The molecule has 2 heterocycles. The van der Waals surface area contributed by atoms with Gasteiger partial charge in [-0.2, -0.15) is 0 Å². The molecule has 2 aliphatic heterocycles. The zero-order chi connectivity index (χ0) is 24.9. The molecule has 0 aromatic heterocycles. The van der Waals surface area contributed by atoms with Crippen molar-refractivity contribution in [3.05, 3.63) is 23.8 Å². The fourth-order valence-corrected chi connectivity index (χ4v) is 5.74.